The highest BCUT2D eigenvalue weighted by atomic mass is 16.5. The quantitative estimate of drug-likeness (QED) is 0.819. The normalized spacial score (nSPS) is 22.2. The van der Waals surface area contributed by atoms with Crippen LogP contribution in [0.4, 0.5) is 0 Å². The molecule has 0 bridgehead atoms. The molecule has 1 atom stereocenters. The molecule has 2 rings (SSSR count). The number of morpholine rings is 1. The second-order valence-corrected chi connectivity index (χ2v) is 4.24. The van der Waals surface area contributed by atoms with Crippen LogP contribution in [0.15, 0.2) is 30.3 Å². The lowest BCUT2D eigenvalue weighted by atomic mass is 10.1. The van der Waals surface area contributed by atoms with Crippen LogP contribution in [-0.2, 0) is 11.2 Å². The maximum Gasteiger partial charge on any atom is 0.0634 e. The van der Waals surface area contributed by atoms with E-state index in [1.807, 2.05) is 0 Å². The van der Waals surface area contributed by atoms with Crippen LogP contribution in [0.1, 0.15) is 5.56 Å². The zero-order valence-corrected chi connectivity index (χ0v) is 9.64. The molecule has 0 amide bonds. The molecule has 88 valence electrons. The Kier molecular flexibility index (Phi) is 4.34. The number of hydrogen-bond donors (Lipinski definition) is 1. The van der Waals surface area contributed by atoms with Crippen LogP contribution in [0.5, 0.6) is 0 Å². The van der Waals surface area contributed by atoms with Gasteiger partial charge in [-0.2, -0.15) is 0 Å². The second-order valence-electron chi connectivity index (χ2n) is 4.24. The Balaban J connectivity index is 1.84. The Morgan fingerprint density at radius 3 is 2.88 bits per heavy atom. The molecule has 1 fully saturated rings. The Morgan fingerprint density at radius 1 is 1.31 bits per heavy atom. The third-order valence-corrected chi connectivity index (χ3v) is 3.15. The van der Waals surface area contributed by atoms with Crippen molar-refractivity contribution < 1.29 is 4.74 Å². The van der Waals surface area contributed by atoms with Crippen LogP contribution in [0.3, 0.4) is 0 Å². The highest BCUT2D eigenvalue weighted by molar-refractivity contribution is 5.14. The minimum absolute atomic E-state index is 0.400. The first-order valence-electron chi connectivity index (χ1n) is 5.96. The van der Waals surface area contributed by atoms with Crippen molar-refractivity contribution in [3.8, 4) is 0 Å². The third kappa shape index (κ3) is 3.04. The maximum atomic E-state index is 5.74. The molecule has 1 aromatic rings. The summed E-state index contributed by atoms with van der Waals surface area (Å²) < 4.78 is 5.43. The van der Waals surface area contributed by atoms with E-state index in [1.54, 1.807) is 0 Å². The summed E-state index contributed by atoms with van der Waals surface area (Å²) in [6.45, 7) is 4.40. The van der Waals surface area contributed by atoms with Gasteiger partial charge in [0.05, 0.1) is 13.2 Å². The SMILES string of the molecule is NCC1COCCN1CCc1ccccc1. The van der Waals surface area contributed by atoms with Crippen molar-refractivity contribution in [2.75, 3.05) is 32.8 Å². The summed E-state index contributed by atoms with van der Waals surface area (Å²) in [5.41, 5.74) is 7.13. The van der Waals surface area contributed by atoms with Crippen molar-refractivity contribution >= 4 is 0 Å². The van der Waals surface area contributed by atoms with Gasteiger partial charge in [0.25, 0.3) is 0 Å². The van der Waals surface area contributed by atoms with Crippen LogP contribution < -0.4 is 5.73 Å². The zero-order valence-electron chi connectivity index (χ0n) is 9.64. The summed E-state index contributed by atoms with van der Waals surface area (Å²) >= 11 is 0. The molecule has 2 N–H and O–H groups in total. The fourth-order valence-electron chi connectivity index (χ4n) is 2.12. The third-order valence-electron chi connectivity index (χ3n) is 3.15. The number of rotatable bonds is 4. The van der Waals surface area contributed by atoms with Crippen LogP contribution in [0, 0.1) is 0 Å². The topological polar surface area (TPSA) is 38.5 Å². The van der Waals surface area contributed by atoms with Gasteiger partial charge in [-0.1, -0.05) is 30.3 Å². The highest BCUT2D eigenvalue weighted by Gasteiger charge is 2.20. The number of nitrogens with zero attached hydrogens (tertiary/aromatic N) is 1. The zero-order chi connectivity index (χ0) is 11.2. The van der Waals surface area contributed by atoms with Gasteiger partial charge >= 0.3 is 0 Å². The standard InChI is InChI=1S/C13H20N2O/c14-10-13-11-16-9-8-15(13)7-6-12-4-2-1-3-5-12/h1-5,13H,6-11,14H2. The Labute approximate surface area is 97.2 Å². The molecule has 3 nitrogen and oxygen atoms in total. The van der Waals surface area contributed by atoms with Crippen molar-refractivity contribution in [1.29, 1.82) is 0 Å². The predicted octanol–water partition coefficient (Wildman–Crippen LogP) is 0.889. The molecule has 0 aliphatic carbocycles. The Bertz CT molecular complexity index is 302. The van der Waals surface area contributed by atoms with E-state index in [0.717, 1.165) is 32.7 Å². The van der Waals surface area contributed by atoms with Gasteiger partial charge in [0.15, 0.2) is 0 Å². The predicted molar refractivity (Wildman–Crippen MR) is 65.4 cm³/mol. The summed E-state index contributed by atoms with van der Waals surface area (Å²) in [6.07, 6.45) is 1.09. The van der Waals surface area contributed by atoms with Crippen molar-refractivity contribution in [3.63, 3.8) is 0 Å². The van der Waals surface area contributed by atoms with Gasteiger partial charge in [0.2, 0.25) is 0 Å². The molecule has 1 heterocycles. The van der Waals surface area contributed by atoms with Gasteiger partial charge in [-0.15, -0.1) is 0 Å². The van der Waals surface area contributed by atoms with Gasteiger partial charge in [-0.25, -0.2) is 0 Å². The van der Waals surface area contributed by atoms with Gasteiger partial charge in [0.1, 0.15) is 0 Å². The number of ether oxygens (including phenoxy) is 1. The lowest BCUT2D eigenvalue weighted by molar-refractivity contribution is -0.00319. The van der Waals surface area contributed by atoms with Crippen molar-refractivity contribution in [2.24, 2.45) is 5.73 Å². The van der Waals surface area contributed by atoms with Crippen molar-refractivity contribution in [3.05, 3.63) is 35.9 Å². The average molecular weight is 220 g/mol. The van der Waals surface area contributed by atoms with Gasteiger partial charge in [0, 0.05) is 25.7 Å². The number of hydrogen-bond acceptors (Lipinski definition) is 3. The van der Waals surface area contributed by atoms with E-state index >= 15 is 0 Å². The van der Waals surface area contributed by atoms with Crippen LogP contribution in [0.25, 0.3) is 0 Å². The molecule has 0 saturated carbocycles. The summed E-state index contributed by atoms with van der Waals surface area (Å²) in [7, 11) is 0. The van der Waals surface area contributed by atoms with E-state index in [-0.39, 0.29) is 0 Å². The van der Waals surface area contributed by atoms with E-state index in [1.165, 1.54) is 5.56 Å². The first-order valence-corrected chi connectivity index (χ1v) is 5.96. The smallest absolute Gasteiger partial charge is 0.0634 e. The molecule has 0 aromatic heterocycles. The molecule has 1 saturated heterocycles. The molecular formula is C13H20N2O. The minimum Gasteiger partial charge on any atom is -0.378 e. The minimum atomic E-state index is 0.400. The highest BCUT2D eigenvalue weighted by Crippen LogP contribution is 2.08. The molecule has 0 spiro atoms. The lowest BCUT2D eigenvalue weighted by Gasteiger charge is -2.34. The molecule has 1 unspecified atom stereocenters. The van der Waals surface area contributed by atoms with Gasteiger partial charge in [-0.05, 0) is 12.0 Å². The molecule has 16 heavy (non-hydrogen) atoms. The summed E-state index contributed by atoms with van der Waals surface area (Å²) in [6, 6.07) is 11.0. The fourth-order valence-corrected chi connectivity index (χ4v) is 2.12. The van der Waals surface area contributed by atoms with Gasteiger partial charge in [-0.3, -0.25) is 4.90 Å². The lowest BCUT2D eigenvalue weighted by Crippen LogP contribution is -2.49. The number of nitrogens with two attached hydrogens (primary N) is 1. The summed E-state index contributed by atoms with van der Waals surface area (Å²) in [5, 5.41) is 0. The molecular weight excluding hydrogens is 200 g/mol. The fraction of sp³-hybridized carbons (Fsp3) is 0.538. The Hall–Kier alpha value is -0.900. The van der Waals surface area contributed by atoms with Gasteiger partial charge < -0.3 is 10.5 Å². The second kappa shape index (κ2) is 5.99. The largest absolute Gasteiger partial charge is 0.378 e. The Morgan fingerprint density at radius 2 is 2.12 bits per heavy atom. The monoisotopic (exact) mass is 220 g/mol. The maximum absolute atomic E-state index is 5.74. The van der Waals surface area contributed by atoms with E-state index in [4.69, 9.17) is 10.5 Å². The number of benzene rings is 1. The van der Waals surface area contributed by atoms with E-state index in [9.17, 15) is 0 Å². The molecule has 3 heteroatoms. The van der Waals surface area contributed by atoms with Crippen LogP contribution >= 0.6 is 0 Å². The van der Waals surface area contributed by atoms with Crippen LogP contribution in [-0.4, -0.2) is 43.8 Å². The molecule has 0 radical (unpaired) electrons. The van der Waals surface area contributed by atoms with Crippen molar-refractivity contribution in [2.45, 2.75) is 12.5 Å². The molecule has 1 aromatic carbocycles. The molecule has 1 aliphatic rings. The van der Waals surface area contributed by atoms with Crippen molar-refractivity contribution in [1.82, 2.24) is 4.90 Å². The van der Waals surface area contributed by atoms with E-state index < -0.39 is 0 Å². The summed E-state index contributed by atoms with van der Waals surface area (Å²) in [4.78, 5) is 2.44. The van der Waals surface area contributed by atoms with E-state index in [2.05, 4.69) is 35.2 Å². The average Bonchev–Trinajstić information content (AvgIpc) is 2.38. The molecule has 1 aliphatic heterocycles. The first kappa shape index (κ1) is 11.6. The summed E-state index contributed by atoms with van der Waals surface area (Å²) in [5.74, 6) is 0. The van der Waals surface area contributed by atoms with Crippen LogP contribution in [0.2, 0.25) is 0 Å². The van der Waals surface area contributed by atoms with E-state index in [0.29, 0.717) is 12.6 Å². The first-order chi connectivity index (χ1) is 7.90.